The molecule has 0 N–H and O–H groups in total. The lowest BCUT2D eigenvalue weighted by Gasteiger charge is -2.18. The molecule has 0 spiro atoms. The highest BCUT2D eigenvalue weighted by Gasteiger charge is 2.18. The molecule has 0 fully saturated rings. The fourth-order valence-electron chi connectivity index (χ4n) is 6.12. The lowest BCUT2D eigenvalue weighted by molar-refractivity contribution is 0.673. The Morgan fingerprint density at radius 2 is 0.837 bits per heavy atom. The summed E-state index contributed by atoms with van der Waals surface area (Å²) >= 11 is 0. The lowest BCUT2D eigenvalue weighted by atomic mass is 9.85. The Hall–Kier alpha value is -6.44. The molecule has 0 amide bonds. The maximum Gasteiger partial charge on any atom is 0.143 e. The van der Waals surface area contributed by atoms with Gasteiger partial charge >= 0.3 is 0 Å². The van der Waals surface area contributed by atoms with Crippen molar-refractivity contribution in [3.8, 4) is 44.5 Å². The minimum atomic E-state index is -1.01. The molecule has 228 valence electrons. The van der Waals surface area contributed by atoms with E-state index in [9.17, 15) is 11.0 Å². The van der Waals surface area contributed by atoms with Crippen molar-refractivity contribution < 1.29 is 38.7 Å². The Labute approximate surface area is 319 Å². The molecule has 0 aliphatic rings. The minimum Gasteiger partial charge on any atom is -0.455 e. The number of benzene rings is 9. The number of hydrogen-bond donors (Lipinski definition) is 0. The molecule has 10 rings (SSSR count). The van der Waals surface area contributed by atoms with E-state index in [1.807, 2.05) is 0 Å². The smallest absolute Gasteiger partial charge is 0.143 e. The predicted molar refractivity (Wildman–Crippen MR) is 208 cm³/mol. The van der Waals surface area contributed by atoms with E-state index in [4.69, 9.17) is 27.7 Å². The first-order valence-corrected chi connectivity index (χ1v) is 14.8. The highest BCUT2D eigenvalue weighted by atomic mass is 16.3. The Kier molecular flexibility index (Phi) is 2.84. The number of hydrogen-bond acceptors (Lipinski definition) is 1. The quantitative estimate of drug-likeness (QED) is 0.173. The highest BCUT2D eigenvalue weighted by molar-refractivity contribution is 6.22. The maximum atomic E-state index is 9.85. The van der Waals surface area contributed by atoms with Crippen molar-refractivity contribution in [3.05, 3.63) is 181 Å². The molecule has 1 heteroatoms. The second-order valence-electron chi connectivity index (χ2n) is 10.9. The molecule has 9 aromatic carbocycles. The summed E-state index contributed by atoms with van der Waals surface area (Å²) in [5.74, 6) is 0. The zero-order chi connectivity index (χ0) is 54.1. The predicted octanol–water partition coefficient (Wildman–Crippen LogP) is 13.7. The van der Waals surface area contributed by atoms with E-state index in [2.05, 4.69) is 0 Å². The largest absolute Gasteiger partial charge is 0.455 e. The molecular weight excluding hydrogens is 593 g/mol. The van der Waals surface area contributed by atoms with Crippen LogP contribution in [0.3, 0.4) is 0 Å². The minimum absolute atomic E-state index is 0.0119. The second-order valence-corrected chi connectivity index (χ2v) is 10.9. The third-order valence-corrected chi connectivity index (χ3v) is 8.25. The molecule has 1 nitrogen and oxygen atoms in total. The van der Waals surface area contributed by atoms with Gasteiger partial charge in [-0.25, -0.2) is 0 Å². The van der Waals surface area contributed by atoms with Crippen LogP contribution in [0.15, 0.2) is 186 Å². The van der Waals surface area contributed by atoms with E-state index in [-0.39, 0.29) is 45.2 Å². The third kappa shape index (κ3) is 4.47. The zero-order valence-electron chi connectivity index (χ0n) is 49.8. The van der Waals surface area contributed by atoms with Gasteiger partial charge in [0.1, 0.15) is 11.2 Å². The van der Waals surface area contributed by atoms with Crippen LogP contribution in [-0.4, -0.2) is 0 Å². The summed E-state index contributed by atoms with van der Waals surface area (Å²) in [6, 6.07) is -13.3. The van der Waals surface area contributed by atoms with E-state index >= 15 is 0 Å². The van der Waals surface area contributed by atoms with Gasteiger partial charge in [-0.3, -0.25) is 0 Å². The molecule has 0 aliphatic heterocycles. The monoisotopic (exact) mass is 647 g/mol. The van der Waals surface area contributed by atoms with Crippen LogP contribution in [0.4, 0.5) is 0 Å². The molecule has 1 heterocycles. The van der Waals surface area contributed by atoms with Crippen LogP contribution in [-0.2, 0) is 0 Å². The average molecular weight is 648 g/mol. The summed E-state index contributed by atoms with van der Waals surface area (Å²) in [5.41, 5.74) is -4.52. The molecule has 1 aromatic heterocycles. The van der Waals surface area contributed by atoms with Gasteiger partial charge in [0.2, 0.25) is 0 Å². The van der Waals surface area contributed by atoms with Gasteiger partial charge in [0.15, 0.2) is 0 Å². The Morgan fingerprint density at radius 3 is 1.47 bits per heavy atom. The fraction of sp³-hybridized carbons (Fsp3) is 0. The van der Waals surface area contributed by atoms with Crippen molar-refractivity contribution >= 4 is 54.3 Å². The van der Waals surface area contributed by atoms with Crippen LogP contribution in [0.2, 0.25) is 0 Å². The number of rotatable bonds is 4. The van der Waals surface area contributed by atoms with Crippen molar-refractivity contribution in [1.29, 1.82) is 0 Å². The van der Waals surface area contributed by atoms with Crippen molar-refractivity contribution in [2.24, 2.45) is 0 Å². The zero-order valence-corrected chi connectivity index (χ0v) is 24.8. The van der Waals surface area contributed by atoms with Gasteiger partial charge in [0.25, 0.3) is 0 Å². The van der Waals surface area contributed by atoms with Crippen molar-refractivity contribution in [1.82, 2.24) is 0 Å². The van der Waals surface area contributed by atoms with Gasteiger partial charge in [-0.1, -0.05) is 151 Å². The van der Waals surface area contributed by atoms with Crippen molar-refractivity contribution in [2.45, 2.75) is 0 Å². The summed E-state index contributed by atoms with van der Waals surface area (Å²) < 4.78 is 230. The molecule has 0 radical (unpaired) electrons. The van der Waals surface area contributed by atoms with E-state index in [1.54, 1.807) is 6.07 Å². The van der Waals surface area contributed by atoms with E-state index in [0.717, 1.165) is 0 Å². The summed E-state index contributed by atoms with van der Waals surface area (Å²) in [7, 11) is 0. The molecular formula is C48H30O. The van der Waals surface area contributed by atoms with Crippen LogP contribution < -0.4 is 0 Å². The Balaban J connectivity index is 1.39. The molecule has 0 saturated heterocycles. The molecule has 0 atom stereocenters. The van der Waals surface area contributed by atoms with Gasteiger partial charge < -0.3 is 4.42 Å². The van der Waals surface area contributed by atoms with Gasteiger partial charge in [-0.05, 0) is 102 Å². The summed E-state index contributed by atoms with van der Waals surface area (Å²) in [6.07, 6.45) is 0. The SMILES string of the molecule is [2H]c1c([2H])c([2H])c(-c2c([2H])c([2H])c([2H])c(-c3c4c([2H])c([2H])c([2H])c([2H])c4c(-c4c([2H])c([2H])c([2H])c(-c5ccc6c(c5)oc5c6ccc6c([2H])c([2H])c([2H])c([2H])c65)c4[2H])c4c([2H])c([2H])c([2H])c([2H])c34)c2[2H])c([2H])c1[2H]. The highest BCUT2D eigenvalue weighted by Crippen LogP contribution is 2.45. The average Bonchev–Trinajstić information content (AvgIpc) is 3.75. The molecule has 49 heavy (non-hydrogen) atoms. The topological polar surface area (TPSA) is 13.1 Å². The standard InChI is InChI=1S/C48H30O/c1-2-12-31(13-3-1)33-15-10-17-36(28-33)46-40-20-6-8-22-42(40)47(43-23-9-7-21-41(43)46)37-18-11-16-34(29-37)35-25-26-39-44-27-24-32-14-4-5-19-38(32)48(44)49-45(39)30-35/h1-30H/i1D,2D,3D,4D,5D,6D,7D,8D,9D,10D,11D,12D,13D,14D,15D,16D,17D,18D,19D,20D,21D,22D,23D,28D,29D. The Bertz CT molecular complexity index is 4200. The lowest BCUT2D eigenvalue weighted by Crippen LogP contribution is -1.91. The van der Waals surface area contributed by atoms with Crippen LogP contribution >= 0.6 is 0 Å². The molecule has 0 saturated carbocycles. The first kappa shape index (κ1) is 12.5. The fourth-order valence-corrected chi connectivity index (χ4v) is 6.12. The van der Waals surface area contributed by atoms with Crippen LogP contribution in [0.5, 0.6) is 0 Å². The van der Waals surface area contributed by atoms with Crippen molar-refractivity contribution in [2.75, 3.05) is 0 Å². The molecule has 0 aliphatic carbocycles. The van der Waals surface area contributed by atoms with E-state index in [0.29, 0.717) is 10.8 Å². The van der Waals surface area contributed by atoms with E-state index in [1.165, 1.54) is 24.3 Å². The summed E-state index contributed by atoms with van der Waals surface area (Å²) in [6.45, 7) is 0. The molecule has 0 bridgehead atoms. The van der Waals surface area contributed by atoms with E-state index < -0.39 is 194 Å². The number of fused-ring (bicyclic) bond motifs is 7. The van der Waals surface area contributed by atoms with Gasteiger partial charge in [-0.2, -0.15) is 0 Å². The van der Waals surface area contributed by atoms with Crippen LogP contribution in [0, 0.1) is 0 Å². The van der Waals surface area contributed by atoms with Gasteiger partial charge in [0, 0.05) is 16.2 Å². The second kappa shape index (κ2) is 11.1. The van der Waals surface area contributed by atoms with Crippen LogP contribution in [0.25, 0.3) is 98.8 Å². The Morgan fingerprint density at radius 1 is 0.347 bits per heavy atom. The summed E-state index contributed by atoms with van der Waals surface area (Å²) in [4.78, 5) is 0. The first-order chi connectivity index (χ1) is 34.7. The first-order valence-electron chi connectivity index (χ1n) is 27.3. The number of furan rings is 1. The molecule has 10 aromatic rings. The third-order valence-electron chi connectivity index (χ3n) is 8.25. The summed E-state index contributed by atoms with van der Waals surface area (Å²) in [5, 5.41) is -1.59. The van der Waals surface area contributed by atoms with Gasteiger partial charge in [0.05, 0.1) is 34.3 Å². The van der Waals surface area contributed by atoms with Crippen LogP contribution in [0.1, 0.15) is 34.3 Å². The maximum absolute atomic E-state index is 9.85. The molecule has 0 unspecified atom stereocenters. The van der Waals surface area contributed by atoms with Crippen molar-refractivity contribution in [3.63, 3.8) is 0 Å². The van der Waals surface area contributed by atoms with Gasteiger partial charge in [-0.15, -0.1) is 0 Å². The normalized spacial score (nSPS) is 18.8.